The number of hydrogen-bond donors (Lipinski definition) is 2. The van der Waals surface area contributed by atoms with E-state index in [9.17, 15) is 5.11 Å². The first-order chi connectivity index (χ1) is 6.64. The fourth-order valence-electron chi connectivity index (χ4n) is 1.79. The van der Waals surface area contributed by atoms with E-state index in [1.54, 1.807) is 4.68 Å². The SMILES string of the molecule is Cn1cc(CC(O)(CN)C2CC2)nn1. The zero-order chi connectivity index (χ0) is 10.2. The third-order valence-corrected chi connectivity index (χ3v) is 2.83. The van der Waals surface area contributed by atoms with Crippen molar-refractivity contribution in [1.29, 1.82) is 0 Å². The van der Waals surface area contributed by atoms with Gasteiger partial charge in [-0.3, -0.25) is 4.68 Å². The first-order valence-electron chi connectivity index (χ1n) is 4.92. The highest BCUT2D eigenvalue weighted by Gasteiger charge is 2.43. The van der Waals surface area contributed by atoms with Gasteiger partial charge in [0.2, 0.25) is 0 Å². The quantitative estimate of drug-likeness (QED) is 0.678. The molecule has 2 rings (SSSR count). The van der Waals surface area contributed by atoms with Gasteiger partial charge in [-0.05, 0) is 18.8 Å². The smallest absolute Gasteiger partial charge is 0.0856 e. The minimum atomic E-state index is -0.768. The van der Waals surface area contributed by atoms with Crippen LogP contribution in [0.25, 0.3) is 0 Å². The molecule has 1 fully saturated rings. The molecule has 0 radical (unpaired) electrons. The third-order valence-electron chi connectivity index (χ3n) is 2.83. The molecule has 5 heteroatoms. The van der Waals surface area contributed by atoms with E-state index in [-0.39, 0.29) is 0 Å². The van der Waals surface area contributed by atoms with Crippen molar-refractivity contribution >= 4 is 0 Å². The molecule has 0 spiro atoms. The Balaban J connectivity index is 2.07. The second kappa shape index (κ2) is 3.33. The molecule has 1 unspecified atom stereocenters. The van der Waals surface area contributed by atoms with Gasteiger partial charge >= 0.3 is 0 Å². The minimum absolute atomic E-state index is 0.300. The molecular formula is C9H16N4O. The van der Waals surface area contributed by atoms with E-state index in [0.717, 1.165) is 18.5 Å². The highest BCUT2D eigenvalue weighted by Crippen LogP contribution is 2.40. The van der Waals surface area contributed by atoms with E-state index in [1.165, 1.54) is 0 Å². The molecule has 1 aromatic rings. The van der Waals surface area contributed by atoms with E-state index < -0.39 is 5.60 Å². The van der Waals surface area contributed by atoms with Crippen molar-refractivity contribution in [3.8, 4) is 0 Å². The van der Waals surface area contributed by atoms with Crippen LogP contribution in [0.15, 0.2) is 6.20 Å². The van der Waals surface area contributed by atoms with Crippen LogP contribution in [0.1, 0.15) is 18.5 Å². The average Bonchev–Trinajstić information content (AvgIpc) is 2.93. The Morgan fingerprint density at radius 3 is 2.86 bits per heavy atom. The standard InChI is InChI=1S/C9H16N4O/c1-13-5-8(11-12-13)4-9(14,6-10)7-2-3-7/h5,7,14H,2-4,6,10H2,1H3. The maximum atomic E-state index is 10.2. The van der Waals surface area contributed by atoms with Crippen LogP contribution in [0, 0.1) is 5.92 Å². The van der Waals surface area contributed by atoms with Gasteiger partial charge in [-0.2, -0.15) is 0 Å². The van der Waals surface area contributed by atoms with Crippen LogP contribution in [-0.2, 0) is 13.5 Å². The summed E-state index contributed by atoms with van der Waals surface area (Å²) < 4.78 is 1.64. The van der Waals surface area contributed by atoms with Gasteiger partial charge in [-0.15, -0.1) is 5.10 Å². The summed E-state index contributed by atoms with van der Waals surface area (Å²) in [5.74, 6) is 0.356. The summed E-state index contributed by atoms with van der Waals surface area (Å²) in [6, 6.07) is 0. The van der Waals surface area contributed by atoms with Crippen LogP contribution in [0.4, 0.5) is 0 Å². The first-order valence-corrected chi connectivity index (χ1v) is 4.92. The molecule has 1 saturated carbocycles. The van der Waals surface area contributed by atoms with E-state index in [2.05, 4.69) is 10.3 Å². The molecule has 1 aromatic heterocycles. The normalized spacial score (nSPS) is 20.8. The van der Waals surface area contributed by atoms with E-state index >= 15 is 0 Å². The lowest BCUT2D eigenvalue weighted by Crippen LogP contribution is -2.42. The molecule has 0 aliphatic heterocycles. The first kappa shape index (κ1) is 9.61. The van der Waals surface area contributed by atoms with Crippen LogP contribution < -0.4 is 5.73 Å². The Labute approximate surface area is 82.9 Å². The Hall–Kier alpha value is -0.940. The zero-order valence-corrected chi connectivity index (χ0v) is 8.35. The molecule has 0 saturated heterocycles. The number of rotatable bonds is 4. The van der Waals surface area contributed by atoms with Crippen molar-refractivity contribution in [3.63, 3.8) is 0 Å². The third kappa shape index (κ3) is 1.78. The molecule has 14 heavy (non-hydrogen) atoms. The van der Waals surface area contributed by atoms with Crippen molar-refractivity contribution in [3.05, 3.63) is 11.9 Å². The van der Waals surface area contributed by atoms with Crippen LogP contribution in [0.3, 0.4) is 0 Å². The lowest BCUT2D eigenvalue weighted by Gasteiger charge is -2.25. The second-order valence-electron chi connectivity index (χ2n) is 4.14. The van der Waals surface area contributed by atoms with Gasteiger partial charge in [0.15, 0.2) is 0 Å². The van der Waals surface area contributed by atoms with Gasteiger partial charge in [0, 0.05) is 26.2 Å². The Bertz CT molecular complexity index is 320. The van der Waals surface area contributed by atoms with Crippen molar-refractivity contribution in [2.45, 2.75) is 24.9 Å². The molecule has 0 aromatic carbocycles. The van der Waals surface area contributed by atoms with Gasteiger partial charge < -0.3 is 10.8 Å². The number of nitrogens with zero attached hydrogens (tertiary/aromatic N) is 3. The average molecular weight is 196 g/mol. The van der Waals surface area contributed by atoms with E-state index in [4.69, 9.17) is 5.73 Å². The molecule has 0 amide bonds. The summed E-state index contributed by atoms with van der Waals surface area (Å²) >= 11 is 0. The number of aromatic nitrogens is 3. The topological polar surface area (TPSA) is 77.0 Å². The predicted octanol–water partition coefficient (Wildman–Crippen LogP) is -0.543. The fourth-order valence-corrected chi connectivity index (χ4v) is 1.79. The zero-order valence-electron chi connectivity index (χ0n) is 8.35. The highest BCUT2D eigenvalue weighted by atomic mass is 16.3. The van der Waals surface area contributed by atoms with E-state index in [1.807, 2.05) is 13.2 Å². The number of aliphatic hydroxyl groups is 1. The lowest BCUT2D eigenvalue weighted by atomic mass is 9.92. The molecule has 1 atom stereocenters. The summed E-state index contributed by atoms with van der Waals surface area (Å²) in [6.45, 7) is 0.300. The second-order valence-corrected chi connectivity index (χ2v) is 4.14. The van der Waals surface area contributed by atoms with Crippen molar-refractivity contribution in [1.82, 2.24) is 15.0 Å². The summed E-state index contributed by atoms with van der Waals surface area (Å²) in [5, 5.41) is 18.0. The van der Waals surface area contributed by atoms with Crippen LogP contribution in [-0.4, -0.2) is 32.2 Å². The summed E-state index contributed by atoms with van der Waals surface area (Å²) in [7, 11) is 1.81. The van der Waals surface area contributed by atoms with E-state index in [0.29, 0.717) is 18.9 Å². The van der Waals surface area contributed by atoms with Gasteiger partial charge in [-0.1, -0.05) is 5.21 Å². The Kier molecular flexibility index (Phi) is 2.28. The molecule has 5 nitrogen and oxygen atoms in total. The largest absolute Gasteiger partial charge is 0.388 e. The number of hydrogen-bond acceptors (Lipinski definition) is 4. The summed E-state index contributed by atoms with van der Waals surface area (Å²) in [4.78, 5) is 0. The summed E-state index contributed by atoms with van der Waals surface area (Å²) in [5.41, 5.74) is 5.64. The molecule has 3 N–H and O–H groups in total. The summed E-state index contributed by atoms with van der Waals surface area (Å²) in [6.07, 6.45) is 4.49. The van der Waals surface area contributed by atoms with Crippen LogP contribution in [0.2, 0.25) is 0 Å². The number of aryl methyl sites for hydroxylation is 1. The van der Waals surface area contributed by atoms with Crippen molar-refractivity contribution in [2.75, 3.05) is 6.54 Å². The highest BCUT2D eigenvalue weighted by molar-refractivity contribution is 5.05. The number of nitrogens with two attached hydrogens (primary N) is 1. The van der Waals surface area contributed by atoms with Gasteiger partial charge in [0.25, 0.3) is 0 Å². The predicted molar refractivity (Wildman–Crippen MR) is 51.4 cm³/mol. The Morgan fingerprint density at radius 2 is 2.43 bits per heavy atom. The monoisotopic (exact) mass is 196 g/mol. The molecular weight excluding hydrogens is 180 g/mol. The maximum absolute atomic E-state index is 10.2. The van der Waals surface area contributed by atoms with Crippen LogP contribution in [0.5, 0.6) is 0 Å². The molecule has 78 valence electrons. The van der Waals surface area contributed by atoms with Gasteiger partial charge in [0.05, 0.1) is 11.3 Å². The maximum Gasteiger partial charge on any atom is 0.0856 e. The minimum Gasteiger partial charge on any atom is -0.388 e. The molecule has 1 aliphatic carbocycles. The molecule has 0 bridgehead atoms. The lowest BCUT2D eigenvalue weighted by molar-refractivity contribution is 0.0258. The fraction of sp³-hybridized carbons (Fsp3) is 0.778. The van der Waals surface area contributed by atoms with Crippen LogP contribution >= 0.6 is 0 Å². The van der Waals surface area contributed by atoms with Gasteiger partial charge in [0.1, 0.15) is 0 Å². The van der Waals surface area contributed by atoms with Gasteiger partial charge in [-0.25, -0.2) is 0 Å². The van der Waals surface area contributed by atoms with Crippen molar-refractivity contribution < 1.29 is 5.11 Å². The van der Waals surface area contributed by atoms with Crippen molar-refractivity contribution in [2.24, 2.45) is 18.7 Å². The molecule has 1 aliphatic rings. The molecule has 1 heterocycles. The Morgan fingerprint density at radius 1 is 1.71 bits per heavy atom.